The summed E-state index contributed by atoms with van der Waals surface area (Å²) in [5.74, 6) is -1.22. The Morgan fingerprint density at radius 1 is 1.14 bits per heavy atom. The predicted octanol–water partition coefficient (Wildman–Crippen LogP) is 1.35. The van der Waals surface area contributed by atoms with Crippen molar-refractivity contribution in [3.05, 3.63) is 42.5 Å². The maximum Gasteiger partial charge on any atom is 0.326 e. The summed E-state index contributed by atoms with van der Waals surface area (Å²) in [6.45, 7) is 0.465. The standard InChI is InChI=1S/C15H16N4O3/c20-14(19-8-4-3-7-13(19)15(21)22)11-5-1-2-6-12(11)18-9-16-17-10-18/h1-2,5-6,9-10,13H,3-4,7-8H2,(H,21,22)/t13-/m0/s1. The average Bonchev–Trinajstić information content (AvgIpc) is 3.08. The predicted molar refractivity (Wildman–Crippen MR) is 77.7 cm³/mol. The van der Waals surface area contributed by atoms with Gasteiger partial charge in [-0.2, -0.15) is 0 Å². The van der Waals surface area contributed by atoms with Crippen LogP contribution >= 0.6 is 0 Å². The molecular weight excluding hydrogens is 284 g/mol. The lowest BCUT2D eigenvalue weighted by Crippen LogP contribution is -2.48. The lowest BCUT2D eigenvalue weighted by atomic mass is 10.0. The molecule has 1 aromatic heterocycles. The van der Waals surface area contributed by atoms with Gasteiger partial charge in [-0.3, -0.25) is 9.36 Å². The van der Waals surface area contributed by atoms with Crippen LogP contribution in [0.4, 0.5) is 0 Å². The number of carbonyl (C=O) groups excluding carboxylic acids is 1. The van der Waals surface area contributed by atoms with Crippen molar-refractivity contribution in [1.82, 2.24) is 19.7 Å². The molecule has 1 atom stereocenters. The Balaban J connectivity index is 1.97. The number of hydrogen-bond acceptors (Lipinski definition) is 4. The highest BCUT2D eigenvalue weighted by Crippen LogP contribution is 2.23. The van der Waals surface area contributed by atoms with E-state index in [1.165, 1.54) is 17.6 Å². The Kier molecular flexibility index (Phi) is 3.86. The van der Waals surface area contributed by atoms with Crippen LogP contribution in [0.1, 0.15) is 29.6 Å². The van der Waals surface area contributed by atoms with E-state index in [4.69, 9.17) is 0 Å². The first kappa shape index (κ1) is 14.2. The first-order chi connectivity index (χ1) is 10.7. The second kappa shape index (κ2) is 5.97. The lowest BCUT2D eigenvalue weighted by Gasteiger charge is -2.33. The second-order valence-corrected chi connectivity index (χ2v) is 5.23. The van der Waals surface area contributed by atoms with Crippen LogP contribution in [0.25, 0.3) is 5.69 Å². The fraction of sp³-hybridized carbons (Fsp3) is 0.333. The number of nitrogens with zero attached hydrogens (tertiary/aromatic N) is 4. The van der Waals surface area contributed by atoms with E-state index in [1.807, 2.05) is 6.07 Å². The molecule has 0 unspecified atom stereocenters. The SMILES string of the molecule is O=C(O)[C@@H]1CCCCN1C(=O)c1ccccc1-n1cnnc1. The number of aromatic nitrogens is 3. The number of aliphatic carboxylic acids is 1. The largest absolute Gasteiger partial charge is 0.480 e. The van der Waals surface area contributed by atoms with Gasteiger partial charge in [0.05, 0.1) is 11.3 Å². The molecule has 0 radical (unpaired) electrons. The minimum atomic E-state index is -0.949. The third-order valence-corrected chi connectivity index (χ3v) is 3.88. The van der Waals surface area contributed by atoms with E-state index in [1.54, 1.807) is 22.8 Å². The smallest absolute Gasteiger partial charge is 0.326 e. The average molecular weight is 300 g/mol. The van der Waals surface area contributed by atoms with Crippen molar-refractivity contribution >= 4 is 11.9 Å². The van der Waals surface area contributed by atoms with Gasteiger partial charge >= 0.3 is 5.97 Å². The van der Waals surface area contributed by atoms with Crippen LogP contribution in [0.2, 0.25) is 0 Å². The monoisotopic (exact) mass is 300 g/mol. The van der Waals surface area contributed by atoms with Crippen molar-refractivity contribution in [2.24, 2.45) is 0 Å². The molecule has 22 heavy (non-hydrogen) atoms. The summed E-state index contributed by atoms with van der Waals surface area (Å²) >= 11 is 0. The van der Waals surface area contributed by atoms with E-state index in [-0.39, 0.29) is 5.91 Å². The molecule has 7 nitrogen and oxygen atoms in total. The van der Waals surface area contributed by atoms with Gasteiger partial charge in [0.2, 0.25) is 0 Å². The molecule has 0 aliphatic carbocycles. The number of benzene rings is 1. The summed E-state index contributed by atoms with van der Waals surface area (Å²) in [5, 5.41) is 16.8. The molecule has 114 valence electrons. The van der Waals surface area contributed by atoms with E-state index < -0.39 is 12.0 Å². The minimum absolute atomic E-state index is 0.267. The highest BCUT2D eigenvalue weighted by atomic mass is 16.4. The highest BCUT2D eigenvalue weighted by molar-refractivity contribution is 5.99. The summed E-state index contributed by atoms with van der Waals surface area (Å²) in [7, 11) is 0. The molecule has 2 aromatic rings. The molecule has 0 spiro atoms. The van der Waals surface area contributed by atoms with Gasteiger partial charge in [-0.15, -0.1) is 10.2 Å². The van der Waals surface area contributed by atoms with Crippen molar-refractivity contribution in [2.45, 2.75) is 25.3 Å². The lowest BCUT2D eigenvalue weighted by molar-refractivity contribution is -0.143. The Morgan fingerprint density at radius 3 is 2.59 bits per heavy atom. The molecule has 1 saturated heterocycles. The number of hydrogen-bond donors (Lipinski definition) is 1. The Hall–Kier alpha value is -2.70. The van der Waals surface area contributed by atoms with Gasteiger partial charge in [0.15, 0.2) is 0 Å². The van der Waals surface area contributed by atoms with E-state index in [9.17, 15) is 14.7 Å². The number of piperidine rings is 1. The molecule has 1 aliphatic heterocycles. The third-order valence-electron chi connectivity index (χ3n) is 3.88. The van der Waals surface area contributed by atoms with Crippen molar-refractivity contribution < 1.29 is 14.7 Å². The zero-order valence-electron chi connectivity index (χ0n) is 11.9. The number of carboxylic acids is 1. The van der Waals surface area contributed by atoms with E-state index in [0.717, 1.165) is 12.8 Å². The fourth-order valence-electron chi connectivity index (χ4n) is 2.79. The zero-order chi connectivity index (χ0) is 15.5. The number of carbonyl (C=O) groups is 2. The van der Waals surface area contributed by atoms with Gasteiger partial charge in [-0.1, -0.05) is 12.1 Å². The fourth-order valence-corrected chi connectivity index (χ4v) is 2.79. The first-order valence-corrected chi connectivity index (χ1v) is 7.16. The van der Waals surface area contributed by atoms with Crippen LogP contribution in [0.3, 0.4) is 0 Å². The summed E-state index contributed by atoms with van der Waals surface area (Å²) in [6, 6.07) is 6.31. The molecule has 1 aromatic carbocycles. The van der Waals surface area contributed by atoms with Crippen molar-refractivity contribution in [1.29, 1.82) is 0 Å². The van der Waals surface area contributed by atoms with Crippen molar-refractivity contribution in [3.63, 3.8) is 0 Å². The van der Waals surface area contributed by atoms with Crippen LogP contribution < -0.4 is 0 Å². The molecule has 1 aliphatic rings. The van der Waals surface area contributed by atoms with E-state index in [0.29, 0.717) is 24.2 Å². The molecule has 2 heterocycles. The molecule has 0 saturated carbocycles. The van der Waals surface area contributed by atoms with Gasteiger partial charge < -0.3 is 10.0 Å². The zero-order valence-corrected chi connectivity index (χ0v) is 11.9. The molecule has 3 rings (SSSR count). The Bertz CT molecular complexity index is 684. The van der Waals surface area contributed by atoms with Crippen LogP contribution in [0, 0.1) is 0 Å². The van der Waals surface area contributed by atoms with Gasteiger partial charge in [-0.25, -0.2) is 4.79 Å². The van der Waals surface area contributed by atoms with Gasteiger partial charge in [0.25, 0.3) is 5.91 Å². The molecule has 1 fully saturated rings. The van der Waals surface area contributed by atoms with Crippen LogP contribution in [0.5, 0.6) is 0 Å². The van der Waals surface area contributed by atoms with Crippen LogP contribution in [-0.2, 0) is 4.79 Å². The van der Waals surface area contributed by atoms with Crippen molar-refractivity contribution in [3.8, 4) is 5.69 Å². The molecule has 7 heteroatoms. The van der Waals surface area contributed by atoms with E-state index in [2.05, 4.69) is 10.2 Å². The molecule has 1 N–H and O–H groups in total. The molecular formula is C15H16N4O3. The highest BCUT2D eigenvalue weighted by Gasteiger charge is 2.33. The quantitative estimate of drug-likeness (QED) is 0.924. The Morgan fingerprint density at radius 2 is 1.86 bits per heavy atom. The van der Waals surface area contributed by atoms with Gasteiger partial charge in [0, 0.05) is 6.54 Å². The summed E-state index contributed by atoms with van der Waals surface area (Å²) in [5.41, 5.74) is 1.10. The Labute approximate surface area is 127 Å². The maximum atomic E-state index is 12.8. The number of likely N-dealkylation sites (tertiary alicyclic amines) is 1. The number of rotatable bonds is 3. The minimum Gasteiger partial charge on any atom is -0.480 e. The third kappa shape index (κ3) is 2.57. The number of carboxylic acid groups (broad SMARTS) is 1. The molecule has 1 amide bonds. The van der Waals surface area contributed by atoms with Gasteiger partial charge in [0.1, 0.15) is 18.7 Å². The van der Waals surface area contributed by atoms with Gasteiger partial charge in [-0.05, 0) is 31.4 Å². The number of amides is 1. The maximum absolute atomic E-state index is 12.8. The topological polar surface area (TPSA) is 88.3 Å². The summed E-state index contributed by atoms with van der Waals surface area (Å²) in [6.07, 6.45) is 5.17. The van der Waals surface area contributed by atoms with Crippen LogP contribution in [-0.4, -0.2) is 49.2 Å². The van der Waals surface area contributed by atoms with Crippen molar-refractivity contribution in [2.75, 3.05) is 6.54 Å². The van der Waals surface area contributed by atoms with E-state index >= 15 is 0 Å². The second-order valence-electron chi connectivity index (χ2n) is 5.23. The van der Waals surface area contributed by atoms with Crippen LogP contribution in [0.15, 0.2) is 36.9 Å². The normalized spacial score (nSPS) is 18.2. The first-order valence-electron chi connectivity index (χ1n) is 7.16. The summed E-state index contributed by atoms with van der Waals surface area (Å²) in [4.78, 5) is 25.7. The summed E-state index contributed by atoms with van der Waals surface area (Å²) < 4.78 is 1.65. The number of para-hydroxylation sites is 1. The molecule has 0 bridgehead atoms.